The first-order valence-electron chi connectivity index (χ1n) is 2.17. The number of carbonyl (C=O) groups is 3. The van der Waals surface area contributed by atoms with Crippen LogP contribution in [-0.4, -0.2) is 24.6 Å². The number of nitrogens with one attached hydrogen (secondary N) is 1. The molecule has 0 aliphatic rings. The molecule has 0 aliphatic heterocycles. The number of carbonyl (C=O) groups excluding carboxylic acids is 3. The Morgan fingerprint density at radius 3 is 2.00 bits per heavy atom. The topological polar surface area (TPSA) is 89.3 Å². The number of primary amides is 1. The quantitative estimate of drug-likeness (QED) is 0.357. The molecule has 0 saturated heterocycles. The van der Waals surface area contributed by atoms with Gasteiger partial charge in [0.05, 0.1) is 0 Å². The first-order chi connectivity index (χ1) is 4.20. The molecule has 0 aromatic heterocycles. The third-order valence-electron chi connectivity index (χ3n) is 0.602. The number of nitrogens with two attached hydrogens (primary N) is 1. The molecule has 0 spiro atoms. The molecule has 5 nitrogen and oxygen atoms in total. The molecule has 5 heteroatoms. The molecule has 0 aliphatic carbocycles. The Morgan fingerprint density at radius 2 is 1.89 bits per heavy atom. The van der Waals surface area contributed by atoms with E-state index < -0.39 is 12.1 Å². The number of urea groups is 1. The first-order valence-corrected chi connectivity index (χ1v) is 2.17. The Hall–Kier alpha value is -1.39. The van der Waals surface area contributed by atoms with Crippen LogP contribution in [0.4, 0.5) is 4.79 Å². The van der Waals surface area contributed by atoms with Crippen molar-refractivity contribution >= 4 is 18.6 Å². The Labute approximate surface area is 51.2 Å². The molecule has 0 aromatic carbocycles. The van der Waals surface area contributed by atoms with E-state index >= 15 is 0 Å². The summed E-state index contributed by atoms with van der Waals surface area (Å²) in [5.74, 6) is 0. The molecule has 0 saturated carbocycles. The van der Waals surface area contributed by atoms with Crippen molar-refractivity contribution in [2.24, 2.45) is 5.73 Å². The van der Waals surface area contributed by atoms with Crippen LogP contribution in [0.3, 0.4) is 0 Å². The Bertz CT molecular complexity index is 126. The molecular formula is C4H6N2O3. The average Bonchev–Trinajstić information content (AvgIpc) is 1.82. The highest BCUT2D eigenvalue weighted by Gasteiger charge is 2.04. The molecule has 9 heavy (non-hydrogen) atoms. The second-order valence-corrected chi connectivity index (χ2v) is 1.31. The molecule has 0 bridgehead atoms. The third-order valence-corrected chi connectivity index (χ3v) is 0.602. The Balaban J connectivity index is 3.68. The maximum Gasteiger partial charge on any atom is 0.313 e. The molecule has 0 heterocycles. The lowest BCUT2D eigenvalue weighted by molar-refractivity contribution is -0.116. The van der Waals surface area contributed by atoms with E-state index in [1.807, 2.05) is 5.32 Å². The highest BCUT2D eigenvalue weighted by molar-refractivity contribution is 5.88. The lowest BCUT2D eigenvalue weighted by Gasteiger charge is -1.99. The van der Waals surface area contributed by atoms with Gasteiger partial charge in [-0.1, -0.05) is 0 Å². The summed E-state index contributed by atoms with van der Waals surface area (Å²) in [6.07, 6.45) is 0.579. The van der Waals surface area contributed by atoms with E-state index in [1.54, 1.807) is 0 Å². The fourth-order valence-corrected chi connectivity index (χ4v) is 0.264. The summed E-state index contributed by atoms with van der Waals surface area (Å²) in [5.41, 5.74) is 4.58. The average molecular weight is 130 g/mol. The molecule has 0 aromatic rings. The minimum Gasteiger partial charge on any atom is -0.352 e. The van der Waals surface area contributed by atoms with Crippen molar-refractivity contribution in [2.75, 3.05) is 0 Å². The van der Waals surface area contributed by atoms with Crippen LogP contribution >= 0.6 is 0 Å². The van der Waals surface area contributed by atoms with Gasteiger partial charge in [-0.25, -0.2) is 4.79 Å². The highest BCUT2D eigenvalue weighted by atomic mass is 16.2. The lowest BCUT2D eigenvalue weighted by Crippen LogP contribution is -2.40. The number of rotatable bonds is 3. The molecule has 2 amide bonds. The van der Waals surface area contributed by atoms with Gasteiger partial charge in [0.1, 0.15) is 18.6 Å². The van der Waals surface area contributed by atoms with Gasteiger partial charge >= 0.3 is 6.03 Å². The lowest BCUT2D eigenvalue weighted by atomic mass is 10.4. The summed E-state index contributed by atoms with van der Waals surface area (Å²) in [5, 5.41) is 1.88. The molecule has 0 rings (SSSR count). The zero-order valence-electron chi connectivity index (χ0n) is 4.53. The minimum atomic E-state index is -1.11. The van der Waals surface area contributed by atoms with Crippen molar-refractivity contribution in [3.8, 4) is 0 Å². The third kappa shape index (κ3) is 3.22. The van der Waals surface area contributed by atoms with E-state index in [4.69, 9.17) is 0 Å². The summed E-state index contributed by atoms with van der Waals surface area (Å²) in [6, 6.07) is -2.00. The number of amides is 2. The van der Waals surface area contributed by atoms with Gasteiger partial charge in [-0.15, -0.1) is 0 Å². The van der Waals surface area contributed by atoms with Gasteiger partial charge in [0.2, 0.25) is 0 Å². The van der Waals surface area contributed by atoms with Gasteiger partial charge in [-0.3, -0.25) is 0 Å². The largest absolute Gasteiger partial charge is 0.352 e. The molecule has 0 radical (unpaired) electrons. The molecule has 0 unspecified atom stereocenters. The van der Waals surface area contributed by atoms with Crippen molar-refractivity contribution in [1.82, 2.24) is 5.32 Å². The predicted molar refractivity (Wildman–Crippen MR) is 28.6 cm³/mol. The van der Waals surface area contributed by atoms with E-state index in [2.05, 4.69) is 5.73 Å². The number of hydrogen-bond donors (Lipinski definition) is 2. The molecular weight excluding hydrogens is 124 g/mol. The van der Waals surface area contributed by atoms with Gasteiger partial charge in [-0.2, -0.15) is 0 Å². The second-order valence-electron chi connectivity index (χ2n) is 1.31. The van der Waals surface area contributed by atoms with Crippen LogP contribution in [0.25, 0.3) is 0 Å². The minimum absolute atomic E-state index is 0.289. The summed E-state index contributed by atoms with van der Waals surface area (Å²) in [6.45, 7) is 0. The molecule has 0 fully saturated rings. The highest BCUT2D eigenvalue weighted by Crippen LogP contribution is 1.67. The van der Waals surface area contributed by atoms with Gasteiger partial charge in [0.25, 0.3) is 0 Å². The van der Waals surface area contributed by atoms with Gasteiger partial charge in [-0.05, 0) is 0 Å². The van der Waals surface area contributed by atoms with Crippen LogP contribution in [0.5, 0.6) is 0 Å². The van der Waals surface area contributed by atoms with E-state index in [9.17, 15) is 14.4 Å². The summed E-state index contributed by atoms with van der Waals surface area (Å²) in [4.78, 5) is 29.5. The van der Waals surface area contributed by atoms with Crippen LogP contribution in [0, 0.1) is 0 Å². The molecule has 3 N–H and O–H groups in total. The summed E-state index contributed by atoms with van der Waals surface area (Å²) in [7, 11) is 0. The van der Waals surface area contributed by atoms with Crippen molar-refractivity contribution in [3.63, 3.8) is 0 Å². The maximum absolute atomic E-state index is 9.92. The van der Waals surface area contributed by atoms with Crippen LogP contribution in [0.2, 0.25) is 0 Å². The van der Waals surface area contributed by atoms with E-state index in [0.717, 1.165) is 0 Å². The molecule has 0 atom stereocenters. The zero-order valence-corrected chi connectivity index (χ0v) is 4.53. The summed E-state index contributed by atoms with van der Waals surface area (Å²) < 4.78 is 0. The molecule has 50 valence electrons. The first kappa shape index (κ1) is 7.61. The Morgan fingerprint density at radius 1 is 1.44 bits per heavy atom. The second kappa shape index (κ2) is 3.59. The van der Waals surface area contributed by atoms with E-state index in [1.165, 1.54) is 0 Å². The van der Waals surface area contributed by atoms with Crippen LogP contribution < -0.4 is 11.1 Å². The number of aldehydes is 2. The maximum atomic E-state index is 9.92. The van der Waals surface area contributed by atoms with Gasteiger partial charge in [0.15, 0.2) is 0 Å². The number of hydrogen-bond acceptors (Lipinski definition) is 3. The fourth-order valence-electron chi connectivity index (χ4n) is 0.264. The van der Waals surface area contributed by atoms with Crippen molar-refractivity contribution in [1.29, 1.82) is 0 Å². The summed E-state index contributed by atoms with van der Waals surface area (Å²) >= 11 is 0. The van der Waals surface area contributed by atoms with E-state index in [-0.39, 0.29) is 12.6 Å². The van der Waals surface area contributed by atoms with Crippen molar-refractivity contribution in [2.45, 2.75) is 6.04 Å². The van der Waals surface area contributed by atoms with Crippen molar-refractivity contribution < 1.29 is 14.4 Å². The normalized spacial score (nSPS) is 8.56. The monoisotopic (exact) mass is 130 g/mol. The van der Waals surface area contributed by atoms with Crippen molar-refractivity contribution in [3.05, 3.63) is 0 Å². The predicted octanol–water partition coefficient (Wildman–Crippen LogP) is -1.58. The SMILES string of the molecule is NC(=O)NC(C=O)C=O. The smallest absolute Gasteiger partial charge is 0.313 e. The van der Waals surface area contributed by atoms with Gasteiger partial charge in [0, 0.05) is 0 Å². The van der Waals surface area contributed by atoms with Crippen LogP contribution in [0.15, 0.2) is 0 Å². The van der Waals surface area contributed by atoms with E-state index in [0.29, 0.717) is 0 Å². The zero-order chi connectivity index (χ0) is 7.28. The standard InChI is InChI=1S/C4H6N2O3/c5-4(9)6-3(1-7)2-8/h1-3H,(H3,5,6,9). The Kier molecular flexibility index (Phi) is 3.04. The fraction of sp³-hybridized carbons (Fsp3) is 0.250. The van der Waals surface area contributed by atoms with Gasteiger partial charge < -0.3 is 20.6 Å². The van der Waals surface area contributed by atoms with Crippen LogP contribution in [0.1, 0.15) is 0 Å². The van der Waals surface area contributed by atoms with Crippen LogP contribution in [-0.2, 0) is 9.59 Å².